The van der Waals surface area contributed by atoms with Gasteiger partial charge in [-0.3, -0.25) is 0 Å². The number of nitriles is 1. The molecule has 0 N–H and O–H groups in total. The number of hydrogen-bond acceptors (Lipinski definition) is 10. The molecule has 0 unspecified atom stereocenters. The molecule has 0 aromatic rings. The first-order chi connectivity index (χ1) is 13.9. The molecule has 0 rings (SSSR count). The molecule has 0 aromatic heterocycles. The van der Waals surface area contributed by atoms with Crippen LogP contribution in [-0.4, -0.2) is 49.7 Å². The normalized spacial score (nSPS) is 11.5. The third kappa shape index (κ3) is 6.49. The van der Waals surface area contributed by atoms with Crippen molar-refractivity contribution in [3.8, 4) is 6.07 Å². The lowest BCUT2D eigenvalue weighted by atomic mass is 9.72. The number of ether oxygens (including phenoxy) is 1. The third-order valence-electron chi connectivity index (χ3n) is 4.29. The lowest BCUT2D eigenvalue weighted by Gasteiger charge is -2.30. The van der Waals surface area contributed by atoms with E-state index >= 15 is 0 Å². The van der Waals surface area contributed by atoms with Gasteiger partial charge in [0.05, 0.1) is 6.07 Å². The van der Waals surface area contributed by atoms with Crippen molar-refractivity contribution in [2.45, 2.75) is 38.5 Å². The summed E-state index contributed by atoms with van der Waals surface area (Å²) >= 11 is 0. The molecule has 0 bridgehead atoms. The summed E-state index contributed by atoms with van der Waals surface area (Å²) in [5, 5.41) is 9.23. The number of aldehydes is 6. The Morgan fingerprint density at radius 1 is 0.759 bits per heavy atom. The van der Waals surface area contributed by atoms with Crippen molar-refractivity contribution in [3.63, 3.8) is 0 Å². The summed E-state index contributed by atoms with van der Waals surface area (Å²) in [6, 6.07) is 1.49. The van der Waals surface area contributed by atoms with Gasteiger partial charge < -0.3 is 33.5 Å². The van der Waals surface area contributed by atoms with Crippen LogP contribution in [-0.2, 0) is 43.1 Å². The lowest BCUT2D eigenvalue weighted by molar-refractivity contribution is -0.164. The molecule has 10 heteroatoms. The molecule has 0 spiro atoms. The summed E-state index contributed by atoms with van der Waals surface area (Å²) < 4.78 is 4.67. The Morgan fingerprint density at radius 2 is 1.21 bits per heavy atom. The first-order valence-corrected chi connectivity index (χ1v) is 8.37. The number of rotatable bonds is 15. The maximum Gasteiger partial charge on any atom is 0.342 e. The highest BCUT2D eigenvalue weighted by atomic mass is 16.6. The maximum absolute atomic E-state index is 12.6. The van der Waals surface area contributed by atoms with Gasteiger partial charge in [-0.2, -0.15) is 5.26 Å². The van der Waals surface area contributed by atoms with Gasteiger partial charge >= 0.3 is 11.9 Å². The van der Waals surface area contributed by atoms with Crippen molar-refractivity contribution < 1.29 is 43.1 Å². The second-order valence-electron chi connectivity index (χ2n) is 6.03. The predicted molar refractivity (Wildman–Crippen MR) is 93.7 cm³/mol. The molecule has 0 saturated carbocycles. The standard InChI is InChI=1S/C19H19NO9/c20-14-19(6-12-25,7-13-26)17(28)29-16(27)15(2-1-8-21)18(3-9-22,4-10-23)5-11-24/h2,8-13H,1,3-7H2. The van der Waals surface area contributed by atoms with E-state index in [9.17, 15) is 43.6 Å². The van der Waals surface area contributed by atoms with Crippen LogP contribution in [0.3, 0.4) is 0 Å². The molecule has 10 nitrogen and oxygen atoms in total. The predicted octanol–water partition coefficient (Wildman–Crippen LogP) is 0.0130. The van der Waals surface area contributed by atoms with Gasteiger partial charge in [-0.15, -0.1) is 0 Å². The van der Waals surface area contributed by atoms with Crippen LogP contribution in [0.4, 0.5) is 0 Å². The highest BCUT2D eigenvalue weighted by molar-refractivity contribution is 6.01. The first kappa shape index (κ1) is 25.4. The van der Waals surface area contributed by atoms with E-state index in [1.165, 1.54) is 6.07 Å². The van der Waals surface area contributed by atoms with Crippen molar-refractivity contribution in [2.75, 3.05) is 0 Å². The molecule has 0 heterocycles. The summed E-state index contributed by atoms with van der Waals surface area (Å²) in [5.74, 6) is -2.89. The Hall–Kier alpha value is -3.61. The molecule has 154 valence electrons. The molecule has 0 atom stereocenters. The van der Waals surface area contributed by atoms with E-state index in [0.717, 1.165) is 6.08 Å². The SMILES string of the molecule is N#CC(CC=O)(CC=O)C(=O)OC(=O)C(=CCC=O)C(CC=O)(CC=O)CC=O. The summed E-state index contributed by atoms with van der Waals surface area (Å²) in [6.45, 7) is 0. The van der Waals surface area contributed by atoms with Crippen LogP contribution in [0.15, 0.2) is 11.6 Å². The van der Waals surface area contributed by atoms with Crippen LogP contribution in [0.5, 0.6) is 0 Å². The second kappa shape index (κ2) is 12.7. The molecule has 0 aliphatic carbocycles. The van der Waals surface area contributed by atoms with Crippen molar-refractivity contribution in [3.05, 3.63) is 11.6 Å². The van der Waals surface area contributed by atoms with E-state index in [-0.39, 0.29) is 19.0 Å². The zero-order chi connectivity index (χ0) is 22.3. The van der Waals surface area contributed by atoms with Gasteiger partial charge in [0.2, 0.25) is 0 Å². The summed E-state index contributed by atoms with van der Waals surface area (Å²) in [4.78, 5) is 90.7. The van der Waals surface area contributed by atoms with Gasteiger partial charge in [0.15, 0.2) is 5.41 Å². The number of hydrogen-bond donors (Lipinski definition) is 0. The smallest absolute Gasteiger partial charge is 0.342 e. The van der Waals surface area contributed by atoms with Crippen LogP contribution >= 0.6 is 0 Å². The van der Waals surface area contributed by atoms with Gasteiger partial charge in [0.25, 0.3) is 0 Å². The molecule has 0 amide bonds. The molecule has 29 heavy (non-hydrogen) atoms. The van der Waals surface area contributed by atoms with Crippen molar-refractivity contribution in [2.24, 2.45) is 10.8 Å². The average Bonchev–Trinajstić information content (AvgIpc) is 2.68. The highest BCUT2D eigenvalue weighted by Gasteiger charge is 2.44. The summed E-state index contributed by atoms with van der Waals surface area (Å²) in [6.07, 6.45) is -0.322. The fraction of sp³-hybridized carbons (Fsp3) is 0.421. The number of carbonyl (C=O) groups is 8. The minimum atomic E-state index is -2.24. The Morgan fingerprint density at radius 3 is 1.55 bits per heavy atom. The van der Waals surface area contributed by atoms with E-state index in [4.69, 9.17) is 0 Å². The minimum absolute atomic E-state index is 0.205. The van der Waals surface area contributed by atoms with Crippen LogP contribution in [0.2, 0.25) is 0 Å². The second-order valence-corrected chi connectivity index (χ2v) is 6.03. The number of nitrogens with zero attached hydrogens (tertiary/aromatic N) is 1. The van der Waals surface area contributed by atoms with Gasteiger partial charge in [-0.25, -0.2) is 9.59 Å². The zero-order valence-electron chi connectivity index (χ0n) is 15.4. The monoisotopic (exact) mass is 405 g/mol. The molecule has 0 aliphatic rings. The van der Waals surface area contributed by atoms with Gasteiger partial charge in [-0.1, -0.05) is 6.08 Å². The van der Waals surface area contributed by atoms with Gasteiger partial charge in [0, 0.05) is 49.5 Å². The van der Waals surface area contributed by atoms with Crippen molar-refractivity contribution >= 4 is 49.7 Å². The Labute approximate surface area is 165 Å². The van der Waals surface area contributed by atoms with Crippen LogP contribution < -0.4 is 0 Å². The van der Waals surface area contributed by atoms with Crippen LogP contribution in [0.1, 0.15) is 38.5 Å². The Kier molecular flexibility index (Phi) is 11.1. The fourth-order valence-corrected chi connectivity index (χ4v) is 2.65. The van der Waals surface area contributed by atoms with Crippen LogP contribution in [0.25, 0.3) is 0 Å². The van der Waals surface area contributed by atoms with Crippen LogP contribution in [0, 0.1) is 22.2 Å². The minimum Gasteiger partial charge on any atom is -0.388 e. The zero-order valence-corrected chi connectivity index (χ0v) is 15.4. The molecule has 0 radical (unpaired) electrons. The van der Waals surface area contributed by atoms with E-state index in [2.05, 4.69) is 4.74 Å². The summed E-state index contributed by atoms with van der Waals surface area (Å²) in [5.41, 5.74) is -4.35. The number of esters is 2. The fourth-order valence-electron chi connectivity index (χ4n) is 2.65. The highest BCUT2D eigenvalue weighted by Crippen LogP contribution is 2.38. The quantitative estimate of drug-likeness (QED) is 0.156. The largest absolute Gasteiger partial charge is 0.388 e. The average molecular weight is 405 g/mol. The van der Waals surface area contributed by atoms with Crippen molar-refractivity contribution in [1.29, 1.82) is 5.26 Å². The molecule has 0 saturated heterocycles. The first-order valence-electron chi connectivity index (χ1n) is 8.37. The lowest BCUT2D eigenvalue weighted by Crippen LogP contribution is -2.37. The molecule has 0 aliphatic heterocycles. The molecule has 0 fully saturated rings. The molecular weight excluding hydrogens is 386 g/mol. The number of allylic oxidation sites excluding steroid dienone is 1. The van der Waals surface area contributed by atoms with Gasteiger partial charge in [-0.05, 0) is 0 Å². The van der Waals surface area contributed by atoms with E-state index in [0.29, 0.717) is 25.1 Å². The van der Waals surface area contributed by atoms with E-state index < -0.39 is 60.4 Å². The van der Waals surface area contributed by atoms with Gasteiger partial charge in [0.1, 0.15) is 37.7 Å². The molecular formula is C19H19NO9. The summed E-state index contributed by atoms with van der Waals surface area (Å²) in [7, 11) is 0. The molecule has 0 aromatic carbocycles. The Balaban J connectivity index is 6.20. The van der Waals surface area contributed by atoms with E-state index in [1.807, 2.05) is 0 Å². The third-order valence-corrected chi connectivity index (χ3v) is 4.29. The topological polar surface area (TPSA) is 170 Å². The van der Waals surface area contributed by atoms with E-state index in [1.54, 1.807) is 0 Å². The van der Waals surface area contributed by atoms with Crippen molar-refractivity contribution in [1.82, 2.24) is 0 Å². The maximum atomic E-state index is 12.6. The number of carbonyl (C=O) groups excluding carboxylic acids is 8. The Bertz CT molecular complexity index is 709.